The zero-order valence-electron chi connectivity index (χ0n) is 8.83. The van der Waals surface area contributed by atoms with E-state index in [1.165, 1.54) is 26.3 Å². The Bertz CT molecular complexity index is 224. The minimum absolute atomic E-state index is 0. The van der Waals surface area contributed by atoms with Gasteiger partial charge in [0, 0.05) is 32.7 Å². The smallest absolute Gasteiger partial charge is 0 e. The number of rotatable bonds is 4. The van der Waals surface area contributed by atoms with Crippen molar-refractivity contribution in [3.8, 4) is 0 Å². The molecule has 1 N–H and O–H groups in total. The Balaban J connectivity index is -0.000000605. The van der Waals surface area contributed by atoms with E-state index in [9.17, 15) is 4.79 Å². The summed E-state index contributed by atoms with van der Waals surface area (Å²) in [7, 11) is 0. The second-order valence-electron chi connectivity index (χ2n) is 2.15. The summed E-state index contributed by atoms with van der Waals surface area (Å²) in [5.74, 6) is -0.0383. The van der Waals surface area contributed by atoms with Crippen molar-refractivity contribution in [2.45, 2.75) is 20.3 Å². The Labute approximate surface area is 123 Å². The summed E-state index contributed by atoms with van der Waals surface area (Å²) in [4.78, 5) is 10.6. The van der Waals surface area contributed by atoms with E-state index in [1.54, 1.807) is 0 Å². The summed E-state index contributed by atoms with van der Waals surface area (Å²) in [6.45, 7) is 3.52. The van der Waals surface area contributed by atoms with Gasteiger partial charge >= 0.3 is 84.0 Å². The molecule has 0 aliphatic rings. The third-order valence-electron chi connectivity index (χ3n) is 1.03. The molecule has 0 atom stereocenters. The Kier molecular flexibility index (Phi) is 19.5. The van der Waals surface area contributed by atoms with Crippen LogP contribution in [-0.2, 0) is 56.9 Å². The third kappa shape index (κ3) is 12.6. The molecule has 2 nitrogen and oxygen atoms in total. The van der Waals surface area contributed by atoms with Crippen molar-refractivity contribution < 1.29 is 56.9 Å². The van der Waals surface area contributed by atoms with E-state index in [0.717, 1.165) is 12.1 Å². The number of allylic oxidation sites excluding steroid dienone is 4. The average molecular weight is 438 g/mol. The molecule has 0 saturated heterocycles. The molecule has 0 rings (SSSR count). The molecule has 0 heterocycles. The van der Waals surface area contributed by atoms with E-state index in [1.807, 2.05) is 23.5 Å². The fourth-order valence-corrected chi connectivity index (χ4v) is 1.07. The largest absolute Gasteiger partial charge is 0.358 e. The first-order valence-corrected chi connectivity index (χ1v) is 5.39. The van der Waals surface area contributed by atoms with Gasteiger partial charge in [0.15, 0.2) is 0 Å². The summed E-state index contributed by atoms with van der Waals surface area (Å²) < 4.78 is 1.93. The van der Waals surface area contributed by atoms with Crippen molar-refractivity contribution in [1.29, 1.82) is 0 Å². The topological polar surface area (TPSA) is 29.1 Å². The summed E-state index contributed by atoms with van der Waals surface area (Å²) in [6, 6.07) is 0. The zero-order valence-corrected chi connectivity index (χ0v) is 14.6. The standard InChI is InChI=1S/C9H12NO.CH3.W.Y/c1-4-5-6-7-8(2)10-9(3)11;;;/h2,6-7H,4H2,1,3H3,(H,10,11);1H3;;/q2*-1;;. The molecule has 0 aliphatic heterocycles. The summed E-state index contributed by atoms with van der Waals surface area (Å²) in [5, 5.41) is 2.70. The Morgan fingerprint density at radius 1 is 1.57 bits per heavy atom. The number of carbonyl (C=O) groups is 1. The van der Waals surface area contributed by atoms with E-state index >= 15 is 0 Å². The summed E-state index contributed by atoms with van der Waals surface area (Å²) >= 11 is 1.31. The normalized spacial score (nSPS) is 10.0. The molecule has 0 aliphatic carbocycles. The maximum atomic E-state index is 10.6. The van der Waals surface area contributed by atoms with Crippen LogP contribution in [0.3, 0.4) is 0 Å². The van der Waals surface area contributed by atoms with Gasteiger partial charge in [-0.25, -0.2) is 0 Å². The van der Waals surface area contributed by atoms with Gasteiger partial charge in [0.2, 0.25) is 0 Å². The fourth-order valence-electron chi connectivity index (χ4n) is 0.580. The van der Waals surface area contributed by atoms with Crippen molar-refractivity contribution in [3.05, 3.63) is 31.4 Å². The monoisotopic (exact) mass is 438 g/mol. The van der Waals surface area contributed by atoms with Gasteiger partial charge in [-0.05, 0) is 0 Å². The van der Waals surface area contributed by atoms with Gasteiger partial charge in [0.1, 0.15) is 0 Å². The summed E-state index contributed by atoms with van der Waals surface area (Å²) in [5.41, 5.74) is 0.846. The van der Waals surface area contributed by atoms with Gasteiger partial charge in [-0.15, -0.1) is 0 Å². The molecule has 1 radical (unpaired) electrons. The molecule has 0 unspecified atom stereocenters. The second kappa shape index (κ2) is 13.6. The van der Waals surface area contributed by atoms with Crippen LogP contribution in [0, 0.1) is 13.5 Å². The molecule has 0 aromatic heterocycles. The molecular formula is C10H15NOWY-2. The van der Waals surface area contributed by atoms with Crippen LogP contribution in [-0.4, -0.2) is 10.3 Å². The molecule has 0 bridgehead atoms. The van der Waals surface area contributed by atoms with E-state index in [0.29, 0.717) is 0 Å². The average Bonchev–Trinajstić information content (AvgIpc) is 2.02. The van der Waals surface area contributed by atoms with Crippen molar-refractivity contribution in [1.82, 2.24) is 5.32 Å². The van der Waals surface area contributed by atoms with Gasteiger partial charge in [0.25, 0.3) is 0 Å². The number of hydrogen-bond donors (Lipinski definition) is 1. The van der Waals surface area contributed by atoms with Crippen LogP contribution in [0.5, 0.6) is 0 Å². The fraction of sp³-hybridized carbons (Fsp3) is 0.300. The first kappa shape index (κ1) is 20.1. The van der Waals surface area contributed by atoms with Gasteiger partial charge in [0.05, 0.1) is 0 Å². The maximum absolute atomic E-state index is 10.6. The molecule has 0 saturated carbocycles. The van der Waals surface area contributed by atoms with E-state index in [-0.39, 0.29) is 46.0 Å². The Hall–Kier alpha value is 0.612. The van der Waals surface area contributed by atoms with Crippen molar-refractivity contribution >= 4 is 10.3 Å². The van der Waals surface area contributed by atoms with E-state index in [2.05, 4.69) is 11.4 Å². The first-order chi connectivity index (χ1) is 5.70. The molecule has 1 amide bonds. The molecule has 0 aromatic carbocycles. The van der Waals surface area contributed by atoms with Crippen molar-refractivity contribution in [2.75, 3.05) is 0 Å². The van der Waals surface area contributed by atoms with Crippen LogP contribution >= 0.6 is 0 Å². The minimum atomic E-state index is -0.0383. The zero-order chi connectivity index (χ0) is 9.40. The molecule has 4 heteroatoms. The number of hydrogen-bond acceptors (Lipinski definition) is 1. The quantitative estimate of drug-likeness (QED) is 0.525. The van der Waals surface area contributed by atoms with Crippen LogP contribution < -0.4 is 5.32 Å². The van der Waals surface area contributed by atoms with Gasteiger partial charge < -0.3 is 7.43 Å². The Morgan fingerprint density at radius 3 is 2.50 bits per heavy atom. The van der Waals surface area contributed by atoms with Crippen LogP contribution in [0.25, 0.3) is 0 Å². The second-order valence-corrected chi connectivity index (χ2v) is 2.99. The van der Waals surface area contributed by atoms with E-state index < -0.39 is 0 Å². The van der Waals surface area contributed by atoms with Gasteiger partial charge in [-0.3, -0.25) is 0 Å². The third-order valence-corrected chi connectivity index (χ3v) is 1.94. The van der Waals surface area contributed by atoms with Crippen LogP contribution in [0.4, 0.5) is 0 Å². The maximum Gasteiger partial charge on any atom is 0 e. The molecule has 14 heavy (non-hydrogen) atoms. The predicted molar refractivity (Wildman–Crippen MR) is 52.5 cm³/mol. The van der Waals surface area contributed by atoms with Gasteiger partial charge in [-0.1, -0.05) is 0 Å². The summed E-state index contributed by atoms with van der Waals surface area (Å²) in [6.07, 6.45) is 7.58. The molecule has 0 aromatic rings. The van der Waals surface area contributed by atoms with Crippen molar-refractivity contribution in [2.24, 2.45) is 0 Å². The molecule has 0 spiro atoms. The number of carbonyl (C=O) groups excluding carboxylic acids is 1. The number of amides is 1. The minimum Gasteiger partial charge on any atom is -0.358 e. The number of nitrogens with one attached hydrogen (secondary N) is 1. The SMILES string of the molecule is CC[C-]=CC=C([CH]=[W])NC(C)=O.[CH3-].[Y]. The molecule has 77 valence electrons. The molecular weight excluding hydrogens is 423 g/mol. The van der Waals surface area contributed by atoms with Crippen LogP contribution in [0.2, 0.25) is 0 Å². The predicted octanol–water partition coefficient (Wildman–Crippen LogP) is 1.57. The van der Waals surface area contributed by atoms with E-state index in [4.69, 9.17) is 0 Å². The Morgan fingerprint density at radius 2 is 2.14 bits per heavy atom. The van der Waals surface area contributed by atoms with Crippen LogP contribution in [0.1, 0.15) is 20.3 Å². The van der Waals surface area contributed by atoms with Gasteiger partial charge in [-0.2, -0.15) is 0 Å². The molecule has 0 fully saturated rings. The van der Waals surface area contributed by atoms with Crippen molar-refractivity contribution in [3.63, 3.8) is 0 Å². The first-order valence-electron chi connectivity index (χ1n) is 3.70. The van der Waals surface area contributed by atoms with Crippen LogP contribution in [0.15, 0.2) is 17.8 Å².